The summed E-state index contributed by atoms with van der Waals surface area (Å²) in [5.74, 6) is -0.816. The van der Waals surface area contributed by atoms with Gasteiger partial charge in [0.15, 0.2) is 0 Å². The average molecular weight is 328 g/mol. The first kappa shape index (κ1) is 18.4. The smallest absolute Gasteiger partial charge is 0.337 e. The lowest BCUT2D eigenvalue weighted by Crippen LogP contribution is -2.32. The van der Waals surface area contributed by atoms with Gasteiger partial charge in [-0.15, -0.1) is 0 Å². The molecule has 3 N–H and O–H groups in total. The van der Waals surface area contributed by atoms with Gasteiger partial charge in [-0.2, -0.15) is 0 Å². The molecular weight excluding hydrogens is 304 g/mol. The predicted octanol–water partition coefficient (Wildman–Crippen LogP) is 2.53. The third-order valence-corrected chi connectivity index (χ3v) is 4.79. The summed E-state index contributed by atoms with van der Waals surface area (Å²) in [4.78, 5) is 11.3. The highest BCUT2D eigenvalue weighted by atomic mass is 32.2. The summed E-state index contributed by atoms with van der Waals surface area (Å²) < 4.78 is 27.0. The fourth-order valence-corrected chi connectivity index (χ4v) is 3.10. The maximum absolute atomic E-state index is 12.2. The van der Waals surface area contributed by atoms with Crippen molar-refractivity contribution in [2.75, 3.05) is 11.9 Å². The highest BCUT2D eigenvalue weighted by molar-refractivity contribution is 7.89. The van der Waals surface area contributed by atoms with Crippen LogP contribution in [0.4, 0.5) is 5.69 Å². The van der Waals surface area contributed by atoms with Gasteiger partial charge >= 0.3 is 5.97 Å². The van der Waals surface area contributed by atoms with E-state index in [0.29, 0.717) is 24.6 Å². The molecule has 1 aromatic rings. The van der Waals surface area contributed by atoms with Gasteiger partial charge < -0.3 is 10.4 Å². The highest BCUT2D eigenvalue weighted by Gasteiger charge is 2.20. The normalized spacial score (nSPS) is 13.1. The number of anilines is 1. The minimum absolute atomic E-state index is 0.0414. The Balaban J connectivity index is 3.14. The molecule has 0 aliphatic rings. The van der Waals surface area contributed by atoms with Crippen LogP contribution in [0.1, 0.15) is 44.5 Å². The number of carbonyl (C=O) groups is 1. The molecule has 0 spiro atoms. The maximum Gasteiger partial charge on any atom is 0.337 e. The van der Waals surface area contributed by atoms with Crippen molar-refractivity contribution < 1.29 is 18.3 Å². The number of carboxylic acids is 1. The Morgan fingerprint density at radius 1 is 1.27 bits per heavy atom. The van der Waals surface area contributed by atoms with Gasteiger partial charge in [-0.05, 0) is 37.5 Å². The summed E-state index contributed by atoms with van der Waals surface area (Å²) in [6.07, 6.45) is 0.652. The fourth-order valence-electron chi connectivity index (χ4n) is 1.75. The van der Waals surface area contributed by atoms with Gasteiger partial charge in [-0.3, -0.25) is 0 Å². The van der Waals surface area contributed by atoms with E-state index >= 15 is 0 Å². The van der Waals surface area contributed by atoms with Gasteiger partial charge in [0.1, 0.15) is 0 Å². The van der Waals surface area contributed by atoms with Crippen molar-refractivity contribution in [3.63, 3.8) is 0 Å². The molecule has 1 unspecified atom stereocenters. The second-order valence-corrected chi connectivity index (χ2v) is 7.43. The molecule has 0 aromatic heterocycles. The van der Waals surface area contributed by atoms with Crippen LogP contribution in [0.25, 0.3) is 0 Å². The molecule has 0 fully saturated rings. The minimum Gasteiger partial charge on any atom is -0.478 e. The van der Waals surface area contributed by atoms with Gasteiger partial charge in [0.25, 0.3) is 0 Å². The van der Waals surface area contributed by atoms with E-state index in [-0.39, 0.29) is 16.5 Å². The van der Waals surface area contributed by atoms with Crippen LogP contribution in [0.3, 0.4) is 0 Å². The molecule has 6 nitrogen and oxygen atoms in total. The second-order valence-electron chi connectivity index (χ2n) is 5.72. The Hall–Kier alpha value is -1.60. The van der Waals surface area contributed by atoms with Gasteiger partial charge in [0, 0.05) is 18.3 Å². The van der Waals surface area contributed by atoms with Crippen molar-refractivity contribution in [1.82, 2.24) is 4.72 Å². The van der Waals surface area contributed by atoms with E-state index in [1.807, 2.05) is 20.8 Å². The number of nitrogens with one attached hydrogen (secondary N) is 2. The Morgan fingerprint density at radius 3 is 2.41 bits per heavy atom. The average Bonchev–Trinajstić information content (AvgIpc) is 2.44. The topological polar surface area (TPSA) is 95.5 Å². The molecule has 0 bridgehead atoms. The number of rotatable bonds is 8. The summed E-state index contributed by atoms with van der Waals surface area (Å²) in [6.45, 7) is 8.24. The predicted molar refractivity (Wildman–Crippen MR) is 86.8 cm³/mol. The fraction of sp³-hybridized carbons (Fsp3) is 0.533. The van der Waals surface area contributed by atoms with E-state index in [1.165, 1.54) is 18.2 Å². The molecule has 0 amide bonds. The number of hydrogen-bond acceptors (Lipinski definition) is 4. The van der Waals surface area contributed by atoms with E-state index < -0.39 is 16.0 Å². The molecule has 0 heterocycles. The third kappa shape index (κ3) is 4.99. The molecule has 0 saturated heterocycles. The molecule has 0 aliphatic carbocycles. The van der Waals surface area contributed by atoms with Crippen molar-refractivity contribution in [3.8, 4) is 0 Å². The second kappa shape index (κ2) is 7.60. The van der Waals surface area contributed by atoms with Crippen LogP contribution in [-0.2, 0) is 10.0 Å². The van der Waals surface area contributed by atoms with E-state index in [0.717, 1.165) is 0 Å². The lowest BCUT2D eigenvalue weighted by atomic mass is 10.1. The standard InChI is InChI=1S/C15H24N2O4S/c1-5-11(4)17-22(20,21)12-6-7-14(16-9-10(2)3)13(8-12)15(18)19/h6-8,10-11,16-17H,5,9H2,1-4H3,(H,18,19). The first-order valence-corrected chi connectivity index (χ1v) is 8.79. The van der Waals surface area contributed by atoms with Crippen LogP contribution in [0, 0.1) is 5.92 Å². The van der Waals surface area contributed by atoms with E-state index in [9.17, 15) is 18.3 Å². The molecule has 7 heteroatoms. The van der Waals surface area contributed by atoms with Crippen LogP contribution in [0.2, 0.25) is 0 Å². The molecule has 22 heavy (non-hydrogen) atoms. The number of benzene rings is 1. The van der Waals surface area contributed by atoms with Crippen LogP contribution in [-0.4, -0.2) is 32.1 Å². The molecule has 0 radical (unpaired) electrons. The Kier molecular flexibility index (Phi) is 6.37. The van der Waals surface area contributed by atoms with Gasteiger partial charge in [-0.25, -0.2) is 17.9 Å². The van der Waals surface area contributed by atoms with E-state index in [1.54, 1.807) is 6.92 Å². The van der Waals surface area contributed by atoms with Gasteiger partial charge in [-0.1, -0.05) is 20.8 Å². The van der Waals surface area contributed by atoms with Crippen molar-refractivity contribution in [1.29, 1.82) is 0 Å². The lowest BCUT2D eigenvalue weighted by molar-refractivity contribution is 0.0697. The van der Waals surface area contributed by atoms with E-state index in [4.69, 9.17) is 0 Å². The Bertz CT molecular complexity index is 626. The molecule has 0 aliphatic heterocycles. The summed E-state index contributed by atoms with van der Waals surface area (Å²) in [7, 11) is -3.72. The third-order valence-electron chi connectivity index (χ3n) is 3.20. The monoisotopic (exact) mass is 328 g/mol. The molecule has 1 aromatic carbocycles. The Morgan fingerprint density at radius 2 is 1.91 bits per heavy atom. The van der Waals surface area contributed by atoms with Crippen molar-refractivity contribution in [2.45, 2.75) is 45.1 Å². The minimum atomic E-state index is -3.72. The quantitative estimate of drug-likeness (QED) is 0.681. The summed E-state index contributed by atoms with van der Waals surface area (Å²) >= 11 is 0. The first-order valence-electron chi connectivity index (χ1n) is 7.31. The van der Waals surface area contributed by atoms with Gasteiger partial charge in [0.2, 0.25) is 10.0 Å². The van der Waals surface area contributed by atoms with Crippen LogP contribution in [0.5, 0.6) is 0 Å². The largest absolute Gasteiger partial charge is 0.478 e. The number of carboxylic acid groups (broad SMARTS) is 1. The number of aromatic carboxylic acids is 1. The van der Waals surface area contributed by atoms with Crippen LogP contribution in [0.15, 0.2) is 23.1 Å². The molecule has 124 valence electrons. The lowest BCUT2D eigenvalue weighted by Gasteiger charge is -2.15. The van der Waals surface area contributed by atoms with E-state index in [2.05, 4.69) is 10.0 Å². The van der Waals surface area contributed by atoms with Crippen LogP contribution < -0.4 is 10.0 Å². The first-order chi connectivity index (χ1) is 10.2. The molecule has 1 atom stereocenters. The van der Waals surface area contributed by atoms with Crippen molar-refractivity contribution in [3.05, 3.63) is 23.8 Å². The zero-order chi connectivity index (χ0) is 16.9. The molecular formula is C15H24N2O4S. The zero-order valence-electron chi connectivity index (χ0n) is 13.4. The van der Waals surface area contributed by atoms with Gasteiger partial charge in [0.05, 0.1) is 10.5 Å². The van der Waals surface area contributed by atoms with Crippen LogP contribution >= 0.6 is 0 Å². The molecule has 1 rings (SSSR count). The summed E-state index contributed by atoms with van der Waals surface area (Å²) in [6, 6.07) is 3.89. The summed E-state index contributed by atoms with van der Waals surface area (Å²) in [5, 5.41) is 12.3. The van der Waals surface area contributed by atoms with Crippen molar-refractivity contribution in [2.24, 2.45) is 5.92 Å². The number of sulfonamides is 1. The SMILES string of the molecule is CCC(C)NS(=O)(=O)c1ccc(NCC(C)C)c(C(=O)O)c1. The Labute approximate surface area is 132 Å². The maximum atomic E-state index is 12.2. The summed E-state index contributed by atoms with van der Waals surface area (Å²) in [5.41, 5.74) is 0.372. The highest BCUT2D eigenvalue weighted by Crippen LogP contribution is 2.21. The van der Waals surface area contributed by atoms with Crippen molar-refractivity contribution >= 4 is 21.7 Å². The molecule has 0 saturated carbocycles. The zero-order valence-corrected chi connectivity index (χ0v) is 14.2. The number of hydrogen-bond donors (Lipinski definition) is 3.